The van der Waals surface area contributed by atoms with Crippen LogP contribution in [-0.2, 0) is 0 Å². The van der Waals surface area contributed by atoms with E-state index in [0.29, 0.717) is 17.0 Å². The highest BCUT2D eigenvalue weighted by molar-refractivity contribution is 5.84. The first-order valence-corrected chi connectivity index (χ1v) is 6.93. The van der Waals surface area contributed by atoms with E-state index in [2.05, 4.69) is 44.2 Å². The highest BCUT2D eigenvalue weighted by atomic mass is 15.0. The van der Waals surface area contributed by atoms with Crippen LogP contribution in [0.4, 0.5) is 5.82 Å². The largest absolute Gasteiger partial charge is 0.382 e. The summed E-state index contributed by atoms with van der Waals surface area (Å²) in [7, 11) is 0. The molecular formula is C17H13N5. The highest BCUT2D eigenvalue weighted by Gasteiger charge is 2.09. The fraction of sp³-hybridized carbons (Fsp3) is 0. The van der Waals surface area contributed by atoms with Crippen molar-refractivity contribution in [3.05, 3.63) is 60.9 Å². The first-order valence-electron chi connectivity index (χ1n) is 6.93. The van der Waals surface area contributed by atoms with Crippen molar-refractivity contribution in [2.45, 2.75) is 0 Å². The molecule has 22 heavy (non-hydrogen) atoms. The Kier molecular flexibility index (Phi) is 2.83. The lowest BCUT2D eigenvalue weighted by molar-refractivity contribution is 1.21. The van der Waals surface area contributed by atoms with Crippen molar-refractivity contribution in [3.63, 3.8) is 0 Å². The summed E-state index contributed by atoms with van der Waals surface area (Å²) in [6.07, 6.45) is 1.42. The number of hydrogen-bond donors (Lipinski definition) is 2. The van der Waals surface area contributed by atoms with Gasteiger partial charge in [-0.15, -0.1) is 0 Å². The second kappa shape index (κ2) is 4.96. The van der Waals surface area contributed by atoms with Gasteiger partial charge in [0.15, 0.2) is 11.5 Å². The maximum atomic E-state index is 5.83. The average molecular weight is 287 g/mol. The number of aromatic amines is 1. The Bertz CT molecular complexity index is 926. The van der Waals surface area contributed by atoms with Crippen LogP contribution in [-0.4, -0.2) is 19.9 Å². The molecule has 2 heterocycles. The second-order valence-electron chi connectivity index (χ2n) is 4.99. The zero-order chi connectivity index (χ0) is 14.9. The van der Waals surface area contributed by atoms with E-state index in [1.807, 2.05) is 30.3 Å². The average Bonchev–Trinajstić information content (AvgIpc) is 3.02. The summed E-state index contributed by atoms with van der Waals surface area (Å²) in [5.74, 6) is 1.14. The molecule has 0 radical (unpaired) electrons. The fourth-order valence-corrected chi connectivity index (χ4v) is 2.43. The SMILES string of the molecule is Nc1ncnc2nc(-c3ccc(-c4ccccc4)cc3)[nH]c12. The minimum absolute atomic E-state index is 0.407. The molecule has 0 spiro atoms. The van der Waals surface area contributed by atoms with E-state index in [0.717, 1.165) is 11.4 Å². The summed E-state index contributed by atoms with van der Waals surface area (Å²) in [6, 6.07) is 18.5. The van der Waals surface area contributed by atoms with Gasteiger partial charge in [-0.1, -0.05) is 54.6 Å². The first-order chi connectivity index (χ1) is 10.8. The fourth-order valence-electron chi connectivity index (χ4n) is 2.43. The summed E-state index contributed by atoms with van der Waals surface area (Å²) in [4.78, 5) is 15.7. The quantitative estimate of drug-likeness (QED) is 0.593. The smallest absolute Gasteiger partial charge is 0.183 e. The lowest BCUT2D eigenvalue weighted by Gasteiger charge is -2.02. The lowest BCUT2D eigenvalue weighted by Crippen LogP contribution is -1.91. The molecule has 106 valence electrons. The predicted molar refractivity (Wildman–Crippen MR) is 87.0 cm³/mol. The Balaban J connectivity index is 1.74. The predicted octanol–water partition coefficient (Wildman–Crippen LogP) is 3.27. The third kappa shape index (κ3) is 2.09. The number of fused-ring (bicyclic) bond motifs is 1. The standard InChI is InChI=1S/C17H13N5/c18-15-14-17(20-10-19-15)22-16(21-14)13-8-6-12(7-9-13)11-4-2-1-3-5-11/h1-10H,(H3,18,19,20,21,22). The van der Waals surface area contributed by atoms with Crippen LogP contribution >= 0.6 is 0 Å². The Morgan fingerprint density at radius 3 is 2.18 bits per heavy atom. The van der Waals surface area contributed by atoms with Gasteiger partial charge in [-0.25, -0.2) is 15.0 Å². The van der Waals surface area contributed by atoms with Gasteiger partial charge in [0, 0.05) is 5.56 Å². The number of benzene rings is 2. The van der Waals surface area contributed by atoms with Gasteiger partial charge in [-0.05, 0) is 11.1 Å². The molecule has 0 amide bonds. The number of nitrogens with one attached hydrogen (secondary N) is 1. The molecule has 3 N–H and O–H groups in total. The molecule has 5 nitrogen and oxygen atoms in total. The van der Waals surface area contributed by atoms with Gasteiger partial charge in [0.1, 0.15) is 17.7 Å². The van der Waals surface area contributed by atoms with Crippen LogP contribution in [0.1, 0.15) is 0 Å². The van der Waals surface area contributed by atoms with Crippen molar-refractivity contribution in [1.82, 2.24) is 19.9 Å². The molecule has 2 aromatic heterocycles. The summed E-state index contributed by atoms with van der Waals surface area (Å²) in [6.45, 7) is 0. The Morgan fingerprint density at radius 1 is 0.773 bits per heavy atom. The van der Waals surface area contributed by atoms with Gasteiger partial charge in [0.2, 0.25) is 0 Å². The maximum Gasteiger partial charge on any atom is 0.183 e. The van der Waals surface area contributed by atoms with Crippen molar-refractivity contribution in [1.29, 1.82) is 0 Å². The summed E-state index contributed by atoms with van der Waals surface area (Å²) >= 11 is 0. The molecule has 5 heteroatoms. The number of imidazole rings is 1. The van der Waals surface area contributed by atoms with E-state index in [9.17, 15) is 0 Å². The molecule has 0 aliphatic carbocycles. The minimum Gasteiger partial charge on any atom is -0.382 e. The van der Waals surface area contributed by atoms with Crippen molar-refractivity contribution >= 4 is 17.0 Å². The maximum absolute atomic E-state index is 5.83. The Labute approximate surface area is 126 Å². The molecular weight excluding hydrogens is 274 g/mol. The van der Waals surface area contributed by atoms with E-state index in [4.69, 9.17) is 5.73 Å². The van der Waals surface area contributed by atoms with Crippen LogP contribution in [0.2, 0.25) is 0 Å². The van der Waals surface area contributed by atoms with E-state index >= 15 is 0 Å². The number of nitrogens with zero attached hydrogens (tertiary/aromatic N) is 3. The summed E-state index contributed by atoms with van der Waals surface area (Å²) < 4.78 is 0. The Morgan fingerprint density at radius 2 is 1.45 bits per heavy atom. The van der Waals surface area contributed by atoms with Gasteiger partial charge < -0.3 is 10.7 Å². The third-order valence-electron chi connectivity index (χ3n) is 3.58. The van der Waals surface area contributed by atoms with Gasteiger partial charge in [0.25, 0.3) is 0 Å². The molecule has 0 aliphatic rings. The molecule has 0 atom stereocenters. The number of nitrogen functional groups attached to an aromatic ring is 1. The van der Waals surface area contributed by atoms with Crippen LogP contribution < -0.4 is 5.73 Å². The molecule has 4 rings (SSSR count). The number of anilines is 1. The first kappa shape index (κ1) is 12.5. The van der Waals surface area contributed by atoms with E-state index in [1.165, 1.54) is 17.5 Å². The van der Waals surface area contributed by atoms with Gasteiger partial charge in [-0.2, -0.15) is 0 Å². The van der Waals surface area contributed by atoms with Crippen LogP contribution in [0.3, 0.4) is 0 Å². The van der Waals surface area contributed by atoms with Crippen LogP contribution in [0.15, 0.2) is 60.9 Å². The van der Waals surface area contributed by atoms with Crippen molar-refractivity contribution < 1.29 is 0 Å². The van der Waals surface area contributed by atoms with Crippen LogP contribution in [0, 0.1) is 0 Å². The minimum atomic E-state index is 0.407. The van der Waals surface area contributed by atoms with E-state index < -0.39 is 0 Å². The van der Waals surface area contributed by atoms with E-state index in [1.54, 1.807) is 0 Å². The summed E-state index contributed by atoms with van der Waals surface area (Å²) in [5.41, 5.74) is 10.4. The normalized spacial score (nSPS) is 10.9. The van der Waals surface area contributed by atoms with Gasteiger partial charge in [-0.3, -0.25) is 0 Å². The lowest BCUT2D eigenvalue weighted by atomic mass is 10.0. The summed E-state index contributed by atoms with van der Waals surface area (Å²) in [5, 5.41) is 0. The number of aromatic nitrogens is 4. The van der Waals surface area contributed by atoms with Crippen LogP contribution in [0.5, 0.6) is 0 Å². The molecule has 0 saturated carbocycles. The van der Waals surface area contributed by atoms with Crippen LogP contribution in [0.25, 0.3) is 33.7 Å². The molecule has 0 saturated heterocycles. The third-order valence-corrected chi connectivity index (χ3v) is 3.58. The monoisotopic (exact) mass is 287 g/mol. The number of rotatable bonds is 2. The number of nitrogens with two attached hydrogens (primary N) is 1. The van der Waals surface area contributed by atoms with Crippen molar-refractivity contribution in [3.8, 4) is 22.5 Å². The second-order valence-corrected chi connectivity index (χ2v) is 4.99. The van der Waals surface area contributed by atoms with Crippen molar-refractivity contribution in [2.75, 3.05) is 5.73 Å². The van der Waals surface area contributed by atoms with E-state index in [-0.39, 0.29) is 0 Å². The van der Waals surface area contributed by atoms with Crippen molar-refractivity contribution in [2.24, 2.45) is 0 Å². The Hall–Kier alpha value is -3.21. The molecule has 0 bridgehead atoms. The number of H-pyrrole nitrogens is 1. The zero-order valence-electron chi connectivity index (χ0n) is 11.7. The molecule has 2 aromatic carbocycles. The highest BCUT2D eigenvalue weighted by Crippen LogP contribution is 2.25. The zero-order valence-corrected chi connectivity index (χ0v) is 11.7. The topological polar surface area (TPSA) is 80.5 Å². The molecule has 0 unspecified atom stereocenters. The molecule has 4 aromatic rings. The molecule has 0 aliphatic heterocycles. The number of hydrogen-bond acceptors (Lipinski definition) is 4. The van der Waals surface area contributed by atoms with Gasteiger partial charge >= 0.3 is 0 Å². The van der Waals surface area contributed by atoms with Gasteiger partial charge in [0.05, 0.1) is 0 Å². The molecule has 0 fully saturated rings.